The summed E-state index contributed by atoms with van der Waals surface area (Å²) >= 11 is 1.50. The van der Waals surface area contributed by atoms with Crippen molar-refractivity contribution in [2.75, 3.05) is 32.2 Å². The molecule has 0 aromatic heterocycles. The zero-order chi connectivity index (χ0) is 30.2. The summed E-state index contributed by atoms with van der Waals surface area (Å²) in [6, 6.07) is 9.00. The zero-order valence-electron chi connectivity index (χ0n) is 25.1. The minimum absolute atomic E-state index is 0.0850. The number of amides is 2. The van der Waals surface area contributed by atoms with Crippen LogP contribution in [0.2, 0.25) is 0 Å². The highest BCUT2D eigenvalue weighted by Crippen LogP contribution is 2.27. The monoisotopic (exact) mass is 576 g/mol. The van der Waals surface area contributed by atoms with Crippen LogP contribution >= 0.6 is 11.8 Å². The first kappa shape index (κ1) is 37.5. The molecule has 3 rings (SSSR count). The number of rotatable bonds is 10. The van der Waals surface area contributed by atoms with Crippen LogP contribution in [-0.4, -0.2) is 66.0 Å². The third-order valence-corrected chi connectivity index (χ3v) is 7.44. The molecular weight excluding hydrogens is 524 g/mol. The lowest BCUT2D eigenvalue weighted by Gasteiger charge is -2.23. The number of terminal acetylenes is 1. The highest BCUT2D eigenvalue weighted by atomic mass is 32.2. The molecule has 1 atom stereocenters. The smallest absolute Gasteiger partial charge is 0.329 e. The maximum Gasteiger partial charge on any atom is 0.329 e. The number of methoxy groups -OCH3 is 1. The van der Waals surface area contributed by atoms with E-state index in [1.165, 1.54) is 63.8 Å². The van der Waals surface area contributed by atoms with Crippen LogP contribution in [0.1, 0.15) is 83.6 Å². The van der Waals surface area contributed by atoms with Crippen LogP contribution < -0.4 is 5.32 Å². The fraction of sp³-hybridized carbons (Fsp3) is 0.656. The molecule has 0 bridgehead atoms. The van der Waals surface area contributed by atoms with Gasteiger partial charge in [0.2, 0.25) is 11.8 Å². The second-order valence-electron chi connectivity index (χ2n) is 10.5. The van der Waals surface area contributed by atoms with Gasteiger partial charge in [0.25, 0.3) is 0 Å². The minimum Gasteiger partial charge on any atom is -0.467 e. The Balaban J connectivity index is 0.000000577. The molecular formula is C32H52N2O5S. The highest BCUT2D eigenvalue weighted by Gasteiger charge is 2.23. The fourth-order valence-electron chi connectivity index (χ4n) is 4.48. The summed E-state index contributed by atoms with van der Waals surface area (Å²) < 4.78 is 4.62. The largest absolute Gasteiger partial charge is 0.467 e. The molecule has 226 valence electrons. The molecule has 1 saturated heterocycles. The number of ether oxygens (including phenoxy) is 1. The van der Waals surface area contributed by atoms with Crippen molar-refractivity contribution in [2.24, 2.45) is 11.8 Å². The molecule has 2 N–H and O–H groups in total. The van der Waals surface area contributed by atoms with E-state index in [9.17, 15) is 14.4 Å². The molecule has 40 heavy (non-hydrogen) atoms. The number of nitrogens with zero attached hydrogens (tertiary/aromatic N) is 1. The standard InChI is InChI=1S/C12H21NO.C11H21NO3S.C7H8O.C2H2/c14-12(13-8-4-5-9-13)10-11-6-2-1-3-7-11;1-8(2)5-6-10(13)12-9(7-16-4)11(14)15-3;8-6-7-4-2-1-3-5-7;1-2/h11H,1-10H2;8-9H,5-7H2,1-4H3,(H,12,13);1-5,8H,6H2;1-2H/t;9-;;/m.0../s1. The molecule has 1 aromatic carbocycles. The maximum absolute atomic E-state index is 11.8. The Bertz CT molecular complexity index is 819. The van der Waals surface area contributed by atoms with E-state index in [4.69, 9.17) is 5.11 Å². The molecule has 7 nitrogen and oxygen atoms in total. The van der Waals surface area contributed by atoms with E-state index in [0.717, 1.165) is 31.5 Å². The van der Waals surface area contributed by atoms with Crippen molar-refractivity contribution in [3.63, 3.8) is 0 Å². The molecule has 0 spiro atoms. The number of aliphatic hydroxyl groups is 1. The number of benzene rings is 1. The number of thioether (sulfide) groups is 1. The van der Waals surface area contributed by atoms with Crippen molar-refractivity contribution in [1.29, 1.82) is 0 Å². The van der Waals surface area contributed by atoms with Gasteiger partial charge in [-0.25, -0.2) is 4.79 Å². The van der Waals surface area contributed by atoms with Gasteiger partial charge in [-0.2, -0.15) is 11.8 Å². The number of nitrogens with one attached hydrogen (secondary N) is 1. The van der Waals surface area contributed by atoms with E-state index in [1.807, 2.05) is 36.6 Å². The molecule has 1 heterocycles. The Hall–Kier alpha value is -2.50. The quantitative estimate of drug-likeness (QED) is 0.284. The lowest BCUT2D eigenvalue weighted by atomic mass is 9.87. The van der Waals surface area contributed by atoms with Gasteiger partial charge in [0.15, 0.2) is 0 Å². The van der Waals surface area contributed by atoms with Crippen molar-refractivity contribution in [3.8, 4) is 12.8 Å². The van der Waals surface area contributed by atoms with E-state index in [2.05, 4.69) is 41.6 Å². The average Bonchev–Trinajstić information content (AvgIpc) is 3.54. The van der Waals surface area contributed by atoms with Crippen LogP contribution in [0.4, 0.5) is 0 Å². The fourth-order valence-corrected chi connectivity index (χ4v) is 5.03. The second kappa shape index (κ2) is 24.3. The Labute approximate surface area is 247 Å². The van der Waals surface area contributed by atoms with Crippen LogP contribution in [0.25, 0.3) is 0 Å². The first-order valence-electron chi connectivity index (χ1n) is 14.4. The maximum atomic E-state index is 11.8. The normalized spacial score (nSPS) is 15.2. The number of carbonyl (C=O) groups is 3. The average molecular weight is 577 g/mol. The van der Waals surface area contributed by atoms with Gasteiger partial charge < -0.3 is 20.1 Å². The number of esters is 1. The lowest BCUT2D eigenvalue weighted by Crippen LogP contribution is -2.43. The topological polar surface area (TPSA) is 95.9 Å². The van der Waals surface area contributed by atoms with Gasteiger partial charge in [-0.1, -0.05) is 63.4 Å². The van der Waals surface area contributed by atoms with Crippen molar-refractivity contribution < 1.29 is 24.2 Å². The van der Waals surface area contributed by atoms with Crippen LogP contribution in [-0.2, 0) is 25.7 Å². The molecule has 0 unspecified atom stereocenters. The highest BCUT2D eigenvalue weighted by molar-refractivity contribution is 7.98. The number of likely N-dealkylation sites (tertiary alicyclic amines) is 1. The van der Waals surface area contributed by atoms with Crippen molar-refractivity contribution in [1.82, 2.24) is 10.2 Å². The summed E-state index contributed by atoms with van der Waals surface area (Å²) in [6.45, 7) is 6.30. The summed E-state index contributed by atoms with van der Waals surface area (Å²) in [4.78, 5) is 36.8. The van der Waals surface area contributed by atoms with Crippen LogP contribution in [0.3, 0.4) is 0 Å². The Morgan fingerprint density at radius 1 is 1.05 bits per heavy atom. The van der Waals surface area contributed by atoms with Gasteiger partial charge in [-0.15, -0.1) is 12.8 Å². The molecule has 8 heteroatoms. The summed E-state index contributed by atoms with van der Waals surface area (Å²) in [5.74, 6) is 1.69. The van der Waals surface area contributed by atoms with E-state index in [1.54, 1.807) is 0 Å². The number of hydrogen-bond acceptors (Lipinski definition) is 6. The summed E-state index contributed by atoms with van der Waals surface area (Å²) in [5, 5.41) is 11.2. The minimum atomic E-state index is -0.528. The van der Waals surface area contributed by atoms with Gasteiger partial charge in [-0.05, 0) is 55.8 Å². The number of carbonyl (C=O) groups excluding carboxylic acids is 3. The second-order valence-corrected chi connectivity index (χ2v) is 11.4. The van der Waals surface area contributed by atoms with E-state index in [-0.39, 0.29) is 18.5 Å². The molecule has 2 fully saturated rings. The first-order valence-corrected chi connectivity index (χ1v) is 15.8. The molecule has 2 amide bonds. The molecule has 0 radical (unpaired) electrons. The zero-order valence-corrected chi connectivity index (χ0v) is 25.9. The Morgan fingerprint density at radius 3 is 2.12 bits per heavy atom. The SMILES string of the molecule is C#C.COC(=O)[C@H](CSC)NC(=O)CCC(C)C.O=C(CC1CCCCC1)N1CCCC1.OCc1ccccc1. The molecule has 1 aromatic rings. The van der Waals surface area contributed by atoms with E-state index >= 15 is 0 Å². The predicted octanol–water partition coefficient (Wildman–Crippen LogP) is 5.45. The van der Waals surface area contributed by atoms with Gasteiger partial charge in [0.1, 0.15) is 6.04 Å². The molecule has 1 saturated carbocycles. The third-order valence-electron chi connectivity index (χ3n) is 6.78. The summed E-state index contributed by atoms with van der Waals surface area (Å²) in [6.07, 6.45) is 21.1. The summed E-state index contributed by atoms with van der Waals surface area (Å²) in [5.41, 5.74) is 0.965. The number of aliphatic hydroxyl groups excluding tert-OH is 1. The van der Waals surface area contributed by atoms with E-state index in [0.29, 0.717) is 29.9 Å². The van der Waals surface area contributed by atoms with Gasteiger partial charge in [0.05, 0.1) is 13.7 Å². The predicted molar refractivity (Wildman–Crippen MR) is 166 cm³/mol. The Morgan fingerprint density at radius 2 is 1.65 bits per heavy atom. The lowest BCUT2D eigenvalue weighted by molar-refractivity contribution is -0.144. The Kier molecular flexibility index (Phi) is 22.8. The van der Waals surface area contributed by atoms with E-state index < -0.39 is 6.04 Å². The van der Waals surface area contributed by atoms with Crippen molar-refractivity contribution >= 4 is 29.5 Å². The van der Waals surface area contributed by atoms with Crippen LogP contribution in [0, 0.1) is 24.7 Å². The molecule has 1 aliphatic heterocycles. The van der Waals surface area contributed by atoms with Crippen LogP contribution in [0.5, 0.6) is 0 Å². The van der Waals surface area contributed by atoms with Crippen molar-refractivity contribution in [3.05, 3.63) is 35.9 Å². The third kappa shape index (κ3) is 18.0. The molecule has 1 aliphatic carbocycles. The summed E-state index contributed by atoms with van der Waals surface area (Å²) in [7, 11) is 1.33. The molecule has 2 aliphatic rings. The van der Waals surface area contributed by atoms with Gasteiger partial charge in [-0.3, -0.25) is 9.59 Å². The first-order chi connectivity index (χ1) is 19.3. The van der Waals surface area contributed by atoms with Crippen LogP contribution in [0.15, 0.2) is 30.3 Å². The van der Waals surface area contributed by atoms with Crippen molar-refractivity contribution in [2.45, 2.75) is 90.7 Å². The van der Waals surface area contributed by atoms with Gasteiger partial charge >= 0.3 is 5.97 Å². The number of hydrogen-bond donors (Lipinski definition) is 2. The van der Waals surface area contributed by atoms with Gasteiger partial charge in [0, 0.05) is 31.7 Å².